The molecule has 1 aromatic heterocycles. The van der Waals surface area contributed by atoms with Crippen LogP contribution in [-0.4, -0.2) is 93.3 Å². The van der Waals surface area contributed by atoms with Gasteiger partial charge in [-0.1, -0.05) is 12.1 Å². The molecule has 3 rings (SSSR count). The minimum atomic E-state index is -1.65. The van der Waals surface area contributed by atoms with Gasteiger partial charge in [-0.2, -0.15) is 0 Å². The molecule has 17 heteroatoms. The number of nitrogens with one attached hydrogen (secondary N) is 1. The average Bonchev–Trinajstić information content (AvgIpc) is 3.28. The number of halogens is 1. The molecule has 0 bridgehead atoms. The molecular weight excluding hydrogens is 521 g/mol. The molecule has 0 aliphatic carbocycles. The van der Waals surface area contributed by atoms with E-state index in [1.807, 2.05) is 0 Å². The number of aryl methyl sites for hydroxylation is 1. The highest BCUT2D eigenvalue weighted by Gasteiger charge is 2.61. The molecule has 2 amide bonds. The first-order valence-corrected chi connectivity index (χ1v) is 13.1. The smallest absolute Gasteiger partial charge is 0.353 e. The lowest BCUT2D eigenvalue weighted by molar-refractivity contribution is -0.149. The number of hydrogen-bond donors (Lipinski definition) is 2. The van der Waals surface area contributed by atoms with Crippen molar-refractivity contribution in [2.45, 2.75) is 37.8 Å². The summed E-state index contributed by atoms with van der Waals surface area (Å²) in [5, 5.41) is 16.5. The normalized spacial score (nSPS) is 22.7. The van der Waals surface area contributed by atoms with Gasteiger partial charge in [-0.3, -0.25) is 14.5 Å². The van der Waals surface area contributed by atoms with E-state index in [-0.39, 0.29) is 35.2 Å². The maximum atomic E-state index is 13.1. The maximum Gasteiger partial charge on any atom is 0.353 e. The standard InChI is InChI=1S/C18H21B2ClN4O8S2/c1-3-10(14(26)20-30)33-24-11(9-5-34-7(2)22-9)15(27)23-12-16(28)25-13(18(29)32-19)8(4-21)6-35(31)17(12)25/h5,10,12,17,20,30H,3-4,6,19H2,1-2H3,(H,23,27)/b24-11-/t10-,12+,17+,35?/m0/s1. The number of rotatable bonds is 10. The summed E-state index contributed by atoms with van der Waals surface area (Å²) in [5.41, 5.74) is -0.562. The quantitative estimate of drug-likeness (QED) is 0.0833. The molecule has 186 valence electrons. The molecule has 2 aliphatic rings. The Kier molecular flexibility index (Phi) is 8.99. The molecular formula is C18H21B2ClN4O8S2. The van der Waals surface area contributed by atoms with Gasteiger partial charge >= 0.3 is 21.5 Å². The van der Waals surface area contributed by atoms with Crippen molar-refractivity contribution in [3.05, 3.63) is 27.4 Å². The van der Waals surface area contributed by atoms with Gasteiger partial charge in [0.05, 0.1) is 10.9 Å². The molecule has 0 saturated carbocycles. The number of oxime groups is 1. The van der Waals surface area contributed by atoms with Crippen molar-refractivity contribution in [2.24, 2.45) is 5.16 Å². The largest absolute Gasteiger partial charge is 0.614 e. The number of fused-ring (bicyclic) bond motifs is 1. The van der Waals surface area contributed by atoms with Crippen LogP contribution < -0.4 is 5.32 Å². The van der Waals surface area contributed by atoms with E-state index in [0.29, 0.717) is 10.6 Å². The summed E-state index contributed by atoms with van der Waals surface area (Å²) in [6, 6.07) is -1.22. The molecule has 1 aromatic rings. The third kappa shape index (κ3) is 5.40. The number of β-lactam (4-membered cyclic amide) rings is 1. The van der Waals surface area contributed by atoms with Gasteiger partial charge in [0.15, 0.2) is 23.5 Å². The molecule has 2 aliphatic heterocycles. The Morgan fingerprint density at radius 1 is 1.54 bits per heavy atom. The second kappa shape index (κ2) is 11.6. The monoisotopic (exact) mass is 542 g/mol. The lowest BCUT2D eigenvalue weighted by Gasteiger charge is -2.49. The van der Waals surface area contributed by atoms with E-state index in [1.54, 1.807) is 19.2 Å². The van der Waals surface area contributed by atoms with Crippen LogP contribution in [0, 0.1) is 6.92 Å². The van der Waals surface area contributed by atoms with Crippen LogP contribution in [-0.2, 0) is 39.8 Å². The molecule has 3 heterocycles. The van der Waals surface area contributed by atoms with Crippen LogP contribution in [0.4, 0.5) is 0 Å². The van der Waals surface area contributed by atoms with Gasteiger partial charge in [0.2, 0.25) is 5.37 Å². The van der Waals surface area contributed by atoms with Crippen molar-refractivity contribution < 1.29 is 38.2 Å². The van der Waals surface area contributed by atoms with Gasteiger partial charge in [0.25, 0.3) is 11.8 Å². The topological polar surface area (TPSA) is 171 Å². The summed E-state index contributed by atoms with van der Waals surface area (Å²) in [6.45, 7) is 3.35. The highest BCUT2D eigenvalue weighted by Crippen LogP contribution is 2.37. The van der Waals surface area contributed by atoms with Crippen LogP contribution in [0.25, 0.3) is 0 Å². The lowest BCUT2D eigenvalue weighted by atomic mass is 9.88. The Balaban J connectivity index is 1.86. The first kappa shape index (κ1) is 27.2. The molecule has 0 aromatic carbocycles. The number of amides is 2. The summed E-state index contributed by atoms with van der Waals surface area (Å²) in [4.78, 5) is 60.5. The molecule has 0 spiro atoms. The van der Waals surface area contributed by atoms with Gasteiger partial charge in [-0.25, -0.2) is 9.78 Å². The molecule has 35 heavy (non-hydrogen) atoms. The number of nitrogens with zero attached hydrogens (tertiary/aromatic N) is 3. The lowest BCUT2D eigenvalue weighted by Crippen LogP contribution is -2.75. The van der Waals surface area contributed by atoms with Crippen LogP contribution in [0.2, 0.25) is 0 Å². The van der Waals surface area contributed by atoms with Crippen molar-refractivity contribution in [3.63, 3.8) is 0 Å². The zero-order valence-electron chi connectivity index (χ0n) is 19.0. The van der Waals surface area contributed by atoms with E-state index in [4.69, 9.17) is 26.1 Å². The van der Waals surface area contributed by atoms with Gasteiger partial charge in [0, 0.05) is 11.0 Å². The van der Waals surface area contributed by atoms with Crippen LogP contribution in [0.3, 0.4) is 0 Å². The van der Waals surface area contributed by atoms with Crippen molar-refractivity contribution in [2.75, 3.05) is 11.6 Å². The van der Waals surface area contributed by atoms with E-state index in [9.17, 15) is 23.7 Å². The highest BCUT2D eigenvalue weighted by atomic mass is 35.5. The number of carbonyl (C=O) groups is 4. The maximum absolute atomic E-state index is 13.1. The van der Waals surface area contributed by atoms with Gasteiger partial charge < -0.3 is 29.2 Å². The van der Waals surface area contributed by atoms with Gasteiger partial charge in [-0.15, -0.1) is 22.9 Å². The van der Waals surface area contributed by atoms with Crippen LogP contribution >= 0.6 is 22.9 Å². The van der Waals surface area contributed by atoms with E-state index in [2.05, 4.69) is 15.5 Å². The van der Waals surface area contributed by atoms with Gasteiger partial charge in [-0.05, 0) is 24.5 Å². The summed E-state index contributed by atoms with van der Waals surface area (Å²) in [5.74, 6) is -2.51. The highest BCUT2D eigenvalue weighted by molar-refractivity contribution is 7.92. The third-order valence-corrected chi connectivity index (χ3v) is 8.02. The molecule has 2 N–H and O–H groups in total. The van der Waals surface area contributed by atoms with Crippen LogP contribution in [0.5, 0.6) is 0 Å². The molecule has 4 atom stereocenters. The predicted molar refractivity (Wildman–Crippen MR) is 131 cm³/mol. The Morgan fingerprint density at radius 2 is 2.26 bits per heavy atom. The van der Waals surface area contributed by atoms with E-state index >= 15 is 0 Å². The second-order valence-corrected chi connectivity index (χ2v) is 10.3. The number of thiazole rings is 1. The first-order chi connectivity index (χ1) is 16.7. The fraction of sp³-hybridized carbons (Fsp3) is 0.444. The van der Waals surface area contributed by atoms with E-state index < -0.39 is 59.6 Å². The number of hydrogen-bond acceptors (Lipinski definition) is 11. The SMILES string of the molecule is BOC(=O)C1=C(CCl)C[S+]([O-])[C@@H]2[C@H](NC(=O)/C(=N\O[C@@H](CC)C(=O)BO)c3csc(C)n3)C(=O)N12. The minimum Gasteiger partial charge on any atom is -0.614 e. The third-order valence-electron chi connectivity index (χ3n) is 5.27. The molecule has 1 saturated heterocycles. The fourth-order valence-corrected chi connectivity index (χ4v) is 6.12. The summed E-state index contributed by atoms with van der Waals surface area (Å²) in [6.07, 6.45) is -0.896. The minimum absolute atomic E-state index is 0.0639. The molecule has 1 fully saturated rings. The van der Waals surface area contributed by atoms with Gasteiger partial charge in [0.1, 0.15) is 17.1 Å². The Labute approximate surface area is 213 Å². The second-order valence-electron chi connectivity index (χ2n) is 7.47. The molecule has 12 nitrogen and oxygen atoms in total. The number of carbonyl (C=O) groups excluding carboxylic acids is 4. The van der Waals surface area contributed by atoms with Crippen LogP contribution in [0.15, 0.2) is 21.8 Å². The average molecular weight is 543 g/mol. The number of alkyl halides is 1. The Bertz CT molecular complexity index is 1100. The number of aromatic nitrogens is 1. The van der Waals surface area contributed by atoms with Crippen molar-refractivity contribution >= 4 is 78.8 Å². The van der Waals surface area contributed by atoms with Crippen molar-refractivity contribution in [1.29, 1.82) is 0 Å². The predicted octanol–water partition coefficient (Wildman–Crippen LogP) is -2.18. The van der Waals surface area contributed by atoms with E-state index in [1.165, 1.54) is 11.3 Å². The molecule has 1 unspecified atom stereocenters. The molecule has 0 radical (unpaired) electrons. The summed E-state index contributed by atoms with van der Waals surface area (Å²) >= 11 is 5.46. The first-order valence-electron chi connectivity index (χ1n) is 10.4. The zero-order valence-corrected chi connectivity index (χ0v) is 21.4. The Hall–Kier alpha value is -2.39. The Morgan fingerprint density at radius 3 is 2.80 bits per heavy atom. The van der Waals surface area contributed by atoms with Crippen molar-refractivity contribution in [1.82, 2.24) is 15.2 Å². The van der Waals surface area contributed by atoms with Crippen molar-refractivity contribution in [3.8, 4) is 0 Å². The summed E-state index contributed by atoms with van der Waals surface area (Å²) in [7, 11) is 0.389. The zero-order chi connectivity index (χ0) is 25.9. The van der Waals surface area contributed by atoms with E-state index in [0.717, 1.165) is 12.9 Å². The summed E-state index contributed by atoms with van der Waals surface area (Å²) < 4.78 is 17.6. The fourth-order valence-electron chi connectivity index (χ4n) is 3.51. The van der Waals surface area contributed by atoms with Crippen LogP contribution in [0.1, 0.15) is 24.0 Å².